The van der Waals surface area contributed by atoms with Crippen LogP contribution in [0, 0.1) is 0 Å². The summed E-state index contributed by atoms with van der Waals surface area (Å²) in [4.78, 5) is 0. The summed E-state index contributed by atoms with van der Waals surface area (Å²) in [5.41, 5.74) is 0. The zero-order valence-electron chi connectivity index (χ0n) is 7.11. The average molecular weight is 194 g/mol. The van der Waals surface area contributed by atoms with E-state index in [2.05, 4.69) is 0 Å². The second-order valence-electron chi connectivity index (χ2n) is 3.19. The fourth-order valence-electron chi connectivity index (χ4n) is 1.33. The van der Waals surface area contributed by atoms with Crippen molar-refractivity contribution in [2.45, 2.75) is 43.7 Å². The maximum atomic E-state index is 9.24. The largest absolute Gasteiger partial charge is 0.388 e. The van der Waals surface area contributed by atoms with E-state index in [9.17, 15) is 15.3 Å². The molecule has 1 saturated heterocycles. The maximum absolute atomic E-state index is 9.24. The SMILES string of the molecule is CC1OC(C(O)O)C(O)C(O)C1O. The van der Waals surface area contributed by atoms with Gasteiger partial charge < -0.3 is 30.3 Å². The quantitative estimate of drug-likeness (QED) is 0.288. The summed E-state index contributed by atoms with van der Waals surface area (Å²) in [6.45, 7) is 1.47. The van der Waals surface area contributed by atoms with E-state index in [0.717, 1.165) is 0 Å². The number of hydrogen-bond acceptors (Lipinski definition) is 6. The maximum Gasteiger partial charge on any atom is 0.181 e. The van der Waals surface area contributed by atoms with Crippen molar-refractivity contribution < 1.29 is 30.3 Å². The van der Waals surface area contributed by atoms with E-state index in [1.54, 1.807) is 0 Å². The van der Waals surface area contributed by atoms with Gasteiger partial charge >= 0.3 is 0 Å². The molecule has 1 aliphatic rings. The summed E-state index contributed by atoms with van der Waals surface area (Å²) in [5.74, 6) is 0. The van der Waals surface area contributed by atoms with Crippen molar-refractivity contribution in [3.8, 4) is 0 Å². The molecular formula is C7H14O6. The number of rotatable bonds is 1. The Bertz CT molecular complexity index is 172. The Morgan fingerprint density at radius 2 is 1.54 bits per heavy atom. The molecule has 5 N–H and O–H groups in total. The third-order valence-corrected chi connectivity index (χ3v) is 2.18. The number of ether oxygens (including phenoxy) is 1. The lowest BCUT2D eigenvalue weighted by Gasteiger charge is -2.39. The van der Waals surface area contributed by atoms with E-state index >= 15 is 0 Å². The van der Waals surface area contributed by atoms with E-state index in [4.69, 9.17) is 14.9 Å². The van der Waals surface area contributed by atoms with Gasteiger partial charge in [-0.25, -0.2) is 0 Å². The highest BCUT2D eigenvalue weighted by Crippen LogP contribution is 2.22. The fraction of sp³-hybridized carbons (Fsp3) is 1.00. The predicted molar refractivity (Wildman–Crippen MR) is 40.6 cm³/mol. The zero-order valence-corrected chi connectivity index (χ0v) is 7.11. The van der Waals surface area contributed by atoms with Gasteiger partial charge in [0.1, 0.15) is 24.4 Å². The number of aliphatic hydroxyl groups is 5. The van der Waals surface area contributed by atoms with E-state index in [0.29, 0.717) is 0 Å². The van der Waals surface area contributed by atoms with Crippen molar-refractivity contribution in [2.75, 3.05) is 0 Å². The van der Waals surface area contributed by atoms with Crippen molar-refractivity contribution >= 4 is 0 Å². The van der Waals surface area contributed by atoms with Crippen molar-refractivity contribution in [3.63, 3.8) is 0 Å². The molecule has 1 aliphatic heterocycles. The summed E-state index contributed by atoms with van der Waals surface area (Å²) in [6, 6.07) is 0. The molecule has 6 heteroatoms. The Kier molecular flexibility index (Phi) is 3.23. The van der Waals surface area contributed by atoms with Gasteiger partial charge in [0, 0.05) is 0 Å². The molecule has 6 nitrogen and oxygen atoms in total. The first-order valence-corrected chi connectivity index (χ1v) is 4.01. The predicted octanol–water partition coefficient (Wildman–Crippen LogP) is -2.83. The molecule has 13 heavy (non-hydrogen) atoms. The smallest absolute Gasteiger partial charge is 0.181 e. The topological polar surface area (TPSA) is 110 Å². The van der Waals surface area contributed by atoms with Crippen molar-refractivity contribution in [2.24, 2.45) is 0 Å². The molecular weight excluding hydrogens is 180 g/mol. The molecule has 5 unspecified atom stereocenters. The van der Waals surface area contributed by atoms with E-state index in [1.807, 2.05) is 0 Å². The second-order valence-corrected chi connectivity index (χ2v) is 3.19. The average Bonchev–Trinajstić information content (AvgIpc) is 2.07. The molecule has 0 aromatic carbocycles. The Morgan fingerprint density at radius 1 is 1.00 bits per heavy atom. The number of hydrogen-bond donors (Lipinski definition) is 5. The molecule has 1 heterocycles. The molecule has 0 bridgehead atoms. The van der Waals surface area contributed by atoms with Gasteiger partial charge in [-0.05, 0) is 6.92 Å². The third-order valence-electron chi connectivity index (χ3n) is 2.18. The zero-order chi connectivity index (χ0) is 10.2. The molecule has 5 atom stereocenters. The highest BCUT2D eigenvalue weighted by molar-refractivity contribution is 4.91. The standard InChI is InChI=1S/C7H14O6/c1-2-3(8)4(9)5(10)6(13-2)7(11)12/h2-12H,1H3. The molecule has 0 radical (unpaired) electrons. The van der Waals surface area contributed by atoms with Crippen LogP contribution in [0.5, 0.6) is 0 Å². The van der Waals surface area contributed by atoms with Crippen LogP contribution in [0.3, 0.4) is 0 Å². The minimum absolute atomic E-state index is 0.745. The van der Waals surface area contributed by atoms with Gasteiger partial charge in [-0.1, -0.05) is 0 Å². The van der Waals surface area contributed by atoms with Crippen LogP contribution in [-0.2, 0) is 4.74 Å². The molecule has 0 aromatic rings. The van der Waals surface area contributed by atoms with E-state index < -0.39 is 36.8 Å². The van der Waals surface area contributed by atoms with E-state index in [1.165, 1.54) is 6.92 Å². The van der Waals surface area contributed by atoms with Crippen LogP contribution in [0.2, 0.25) is 0 Å². The second kappa shape index (κ2) is 3.87. The highest BCUT2D eigenvalue weighted by Gasteiger charge is 2.44. The van der Waals surface area contributed by atoms with Gasteiger partial charge in [0.25, 0.3) is 0 Å². The Morgan fingerprint density at radius 3 is 2.00 bits per heavy atom. The van der Waals surface area contributed by atoms with Crippen molar-refractivity contribution in [1.29, 1.82) is 0 Å². The Balaban J connectivity index is 2.70. The van der Waals surface area contributed by atoms with Gasteiger partial charge in [0.2, 0.25) is 0 Å². The van der Waals surface area contributed by atoms with Gasteiger partial charge in [0.15, 0.2) is 6.29 Å². The molecule has 0 saturated carbocycles. The molecule has 0 spiro atoms. The minimum atomic E-state index is -1.88. The lowest BCUT2D eigenvalue weighted by Crippen LogP contribution is -2.59. The first-order valence-electron chi connectivity index (χ1n) is 4.01. The lowest BCUT2D eigenvalue weighted by atomic mass is 9.95. The molecule has 1 fully saturated rings. The summed E-state index contributed by atoms with van der Waals surface area (Å²) in [5, 5.41) is 45.2. The summed E-state index contributed by atoms with van der Waals surface area (Å²) in [7, 11) is 0. The molecule has 78 valence electrons. The first-order chi connectivity index (χ1) is 5.95. The van der Waals surface area contributed by atoms with Crippen LogP contribution in [0.15, 0.2) is 0 Å². The molecule has 1 rings (SSSR count). The summed E-state index contributed by atoms with van der Waals surface area (Å²) in [6.07, 6.45) is -8.04. The van der Waals surface area contributed by atoms with Crippen LogP contribution in [-0.4, -0.2) is 62.3 Å². The number of aliphatic hydroxyl groups excluding tert-OH is 4. The molecule has 0 amide bonds. The Hall–Kier alpha value is -0.240. The normalized spacial score (nSPS) is 46.8. The van der Waals surface area contributed by atoms with Gasteiger partial charge in [-0.2, -0.15) is 0 Å². The molecule has 0 aliphatic carbocycles. The molecule has 0 aromatic heterocycles. The Labute approximate surface area is 75.0 Å². The van der Waals surface area contributed by atoms with Crippen LogP contribution >= 0.6 is 0 Å². The van der Waals surface area contributed by atoms with Crippen LogP contribution in [0.25, 0.3) is 0 Å². The summed E-state index contributed by atoms with van der Waals surface area (Å²) < 4.78 is 4.88. The lowest BCUT2D eigenvalue weighted by molar-refractivity contribution is -0.269. The summed E-state index contributed by atoms with van der Waals surface area (Å²) >= 11 is 0. The van der Waals surface area contributed by atoms with Gasteiger partial charge in [-0.3, -0.25) is 0 Å². The van der Waals surface area contributed by atoms with Crippen LogP contribution in [0.1, 0.15) is 6.92 Å². The first kappa shape index (κ1) is 10.8. The highest BCUT2D eigenvalue weighted by atomic mass is 16.6. The van der Waals surface area contributed by atoms with Crippen LogP contribution in [0.4, 0.5) is 0 Å². The minimum Gasteiger partial charge on any atom is -0.388 e. The fourth-order valence-corrected chi connectivity index (χ4v) is 1.33. The van der Waals surface area contributed by atoms with Gasteiger partial charge in [0.05, 0.1) is 6.10 Å². The monoisotopic (exact) mass is 194 g/mol. The van der Waals surface area contributed by atoms with Crippen LogP contribution < -0.4 is 0 Å². The van der Waals surface area contributed by atoms with E-state index in [-0.39, 0.29) is 0 Å². The van der Waals surface area contributed by atoms with Crippen molar-refractivity contribution in [1.82, 2.24) is 0 Å². The van der Waals surface area contributed by atoms with Crippen molar-refractivity contribution in [3.05, 3.63) is 0 Å². The third kappa shape index (κ3) is 1.98. The van der Waals surface area contributed by atoms with Gasteiger partial charge in [-0.15, -0.1) is 0 Å².